The molecule has 3 rings (SSSR count). The van der Waals surface area contributed by atoms with Crippen LogP contribution in [0.25, 0.3) is 0 Å². The Labute approximate surface area is 180 Å². The van der Waals surface area contributed by atoms with Crippen LogP contribution >= 0.6 is 22.6 Å². The predicted molar refractivity (Wildman–Crippen MR) is 120 cm³/mol. The molecule has 28 heavy (non-hydrogen) atoms. The third kappa shape index (κ3) is 5.38. The summed E-state index contributed by atoms with van der Waals surface area (Å²) in [6.07, 6.45) is 6.19. The molecule has 1 aromatic carbocycles. The van der Waals surface area contributed by atoms with Crippen molar-refractivity contribution >= 4 is 34.4 Å². The summed E-state index contributed by atoms with van der Waals surface area (Å²) in [4.78, 5) is 10.9. The predicted octanol–water partition coefficient (Wildman–Crippen LogP) is 3.37. The van der Waals surface area contributed by atoms with Crippen LogP contribution < -0.4 is 20.3 Å². The number of phenolic OH excluding ortho intramolecular Hbond substituents is 1. The molecule has 0 saturated heterocycles. The molecule has 1 aliphatic rings. The first-order valence-corrected chi connectivity index (χ1v) is 10.6. The maximum Gasteiger partial charge on any atom is 0.224 e. The molecule has 0 atom stereocenters. The van der Waals surface area contributed by atoms with Gasteiger partial charge in [-0.05, 0) is 72.0 Å². The Balaban J connectivity index is 1.48. The summed E-state index contributed by atoms with van der Waals surface area (Å²) in [5.41, 5.74) is 1.12. The van der Waals surface area contributed by atoms with Crippen molar-refractivity contribution in [1.29, 1.82) is 0 Å². The Kier molecular flexibility index (Phi) is 7.17. The smallest absolute Gasteiger partial charge is 0.224 e. The van der Waals surface area contributed by atoms with Crippen molar-refractivity contribution in [3.63, 3.8) is 0 Å². The van der Waals surface area contributed by atoms with Crippen LogP contribution in [-0.4, -0.2) is 48.4 Å². The zero-order valence-electron chi connectivity index (χ0n) is 16.6. The number of halogens is 1. The fourth-order valence-corrected chi connectivity index (χ4v) is 4.11. The minimum atomic E-state index is 0.207. The number of phenols is 1. The lowest BCUT2D eigenvalue weighted by Gasteiger charge is -2.30. The molecule has 1 aromatic heterocycles. The average Bonchev–Trinajstić information content (AvgIpc) is 2.70. The summed E-state index contributed by atoms with van der Waals surface area (Å²) in [7, 11) is 5.54. The van der Waals surface area contributed by atoms with Gasteiger partial charge in [-0.3, -0.25) is 0 Å². The van der Waals surface area contributed by atoms with Gasteiger partial charge in [-0.25, -0.2) is 4.98 Å². The molecule has 7 nitrogen and oxygen atoms in total. The number of benzene rings is 1. The van der Waals surface area contributed by atoms with Crippen molar-refractivity contribution < 1.29 is 9.84 Å². The van der Waals surface area contributed by atoms with Gasteiger partial charge in [0.25, 0.3) is 0 Å². The summed E-state index contributed by atoms with van der Waals surface area (Å²) in [5.74, 6) is 2.34. The zero-order chi connectivity index (χ0) is 20.1. The fourth-order valence-electron chi connectivity index (χ4n) is 3.44. The highest BCUT2D eigenvalue weighted by atomic mass is 127. The molecule has 0 unspecified atom stereocenters. The molecular formula is C20H28IN5O2. The normalized spacial score (nSPS) is 19.3. The number of hydrogen-bond acceptors (Lipinski definition) is 7. The second-order valence-electron chi connectivity index (χ2n) is 7.34. The molecule has 2 aromatic rings. The van der Waals surface area contributed by atoms with E-state index in [9.17, 15) is 5.11 Å². The van der Waals surface area contributed by atoms with Crippen LogP contribution in [0.2, 0.25) is 0 Å². The number of nitrogens with one attached hydrogen (secondary N) is 2. The molecule has 0 spiro atoms. The van der Waals surface area contributed by atoms with Gasteiger partial charge in [0.15, 0.2) is 11.5 Å². The number of hydrogen-bond donors (Lipinski definition) is 3. The van der Waals surface area contributed by atoms with Crippen LogP contribution in [0.5, 0.6) is 11.5 Å². The molecular weight excluding hydrogens is 469 g/mol. The molecule has 1 aliphatic carbocycles. The van der Waals surface area contributed by atoms with Crippen LogP contribution in [0.4, 0.5) is 11.8 Å². The highest BCUT2D eigenvalue weighted by molar-refractivity contribution is 14.1. The first-order valence-electron chi connectivity index (χ1n) is 9.52. The second kappa shape index (κ2) is 9.60. The van der Waals surface area contributed by atoms with E-state index in [1.54, 1.807) is 13.3 Å². The number of ether oxygens (including phenoxy) is 1. The summed E-state index contributed by atoms with van der Waals surface area (Å²) in [6, 6.07) is 6.70. The van der Waals surface area contributed by atoms with Crippen LogP contribution in [-0.2, 0) is 6.54 Å². The number of aromatic hydroxyl groups is 1. The van der Waals surface area contributed by atoms with Gasteiger partial charge in [0.1, 0.15) is 5.82 Å². The number of rotatable bonds is 7. The Bertz CT molecular complexity index is 794. The molecule has 152 valence electrons. The van der Waals surface area contributed by atoms with Crippen molar-refractivity contribution in [2.45, 2.75) is 44.3 Å². The molecule has 1 fully saturated rings. The van der Waals surface area contributed by atoms with Gasteiger partial charge in [-0.2, -0.15) is 4.98 Å². The van der Waals surface area contributed by atoms with Crippen LogP contribution in [0, 0.1) is 3.57 Å². The maximum absolute atomic E-state index is 9.96. The maximum atomic E-state index is 9.96. The monoisotopic (exact) mass is 497 g/mol. The van der Waals surface area contributed by atoms with Gasteiger partial charge in [-0.15, -0.1) is 0 Å². The van der Waals surface area contributed by atoms with Crippen LogP contribution in [0.15, 0.2) is 24.4 Å². The Morgan fingerprint density at radius 3 is 2.61 bits per heavy atom. The molecule has 1 heterocycles. The standard InChI is InChI=1S/C20H28IN5O2/c1-26(2)18-8-9-22-20(25-18)24-15-6-4-14(5-7-15)23-12-13-10-16(21)19(27)17(11-13)28-3/h8-11,14-15,23,27H,4-7,12H2,1-3H3,(H,22,24,25)/t14-,15+. The lowest BCUT2D eigenvalue weighted by Crippen LogP contribution is -2.37. The van der Waals surface area contributed by atoms with Crippen LogP contribution in [0.1, 0.15) is 31.2 Å². The molecule has 0 bridgehead atoms. The molecule has 0 aliphatic heterocycles. The van der Waals surface area contributed by atoms with Crippen molar-refractivity contribution in [3.05, 3.63) is 33.5 Å². The Morgan fingerprint density at radius 2 is 1.93 bits per heavy atom. The van der Waals surface area contributed by atoms with Crippen LogP contribution in [0.3, 0.4) is 0 Å². The lowest BCUT2D eigenvalue weighted by molar-refractivity contribution is 0.350. The average molecular weight is 497 g/mol. The first kappa shape index (κ1) is 20.9. The van der Waals surface area contributed by atoms with E-state index in [0.29, 0.717) is 23.8 Å². The minimum Gasteiger partial charge on any atom is -0.504 e. The highest BCUT2D eigenvalue weighted by Crippen LogP contribution is 2.32. The third-order valence-electron chi connectivity index (χ3n) is 5.06. The van der Waals surface area contributed by atoms with Crippen molar-refractivity contribution in [2.24, 2.45) is 0 Å². The summed E-state index contributed by atoms with van der Waals surface area (Å²) >= 11 is 2.13. The quantitative estimate of drug-likeness (QED) is 0.506. The number of nitrogens with zero attached hydrogens (tertiary/aromatic N) is 3. The van der Waals surface area contributed by atoms with E-state index in [-0.39, 0.29) is 5.75 Å². The van der Waals surface area contributed by atoms with E-state index < -0.39 is 0 Å². The van der Waals surface area contributed by atoms with Gasteiger partial charge >= 0.3 is 0 Å². The number of anilines is 2. The largest absolute Gasteiger partial charge is 0.504 e. The molecule has 1 saturated carbocycles. The fraction of sp³-hybridized carbons (Fsp3) is 0.500. The van der Waals surface area contributed by atoms with E-state index in [1.165, 1.54) is 0 Å². The second-order valence-corrected chi connectivity index (χ2v) is 8.50. The number of methoxy groups -OCH3 is 1. The molecule has 0 amide bonds. The van der Waals surface area contributed by atoms with E-state index in [0.717, 1.165) is 47.2 Å². The highest BCUT2D eigenvalue weighted by Gasteiger charge is 2.21. The van der Waals surface area contributed by atoms with Gasteiger partial charge in [0, 0.05) is 38.9 Å². The van der Waals surface area contributed by atoms with E-state index in [2.05, 4.69) is 43.2 Å². The van der Waals surface area contributed by atoms with Crippen molar-refractivity contribution in [1.82, 2.24) is 15.3 Å². The van der Waals surface area contributed by atoms with Crippen molar-refractivity contribution in [3.8, 4) is 11.5 Å². The van der Waals surface area contributed by atoms with Gasteiger partial charge < -0.3 is 25.4 Å². The van der Waals surface area contributed by atoms with E-state index >= 15 is 0 Å². The third-order valence-corrected chi connectivity index (χ3v) is 5.88. The van der Waals surface area contributed by atoms with E-state index in [4.69, 9.17) is 4.74 Å². The Hall–Kier alpha value is -1.81. The van der Waals surface area contributed by atoms with E-state index in [1.807, 2.05) is 37.2 Å². The summed E-state index contributed by atoms with van der Waals surface area (Å²) in [6.45, 7) is 0.767. The topological polar surface area (TPSA) is 82.5 Å². The summed E-state index contributed by atoms with van der Waals surface area (Å²) < 4.78 is 6.05. The molecule has 0 radical (unpaired) electrons. The van der Waals surface area contributed by atoms with Gasteiger partial charge in [0.05, 0.1) is 10.7 Å². The molecule has 8 heteroatoms. The Morgan fingerprint density at radius 1 is 1.21 bits per heavy atom. The SMILES string of the molecule is COc1cc(CN[C@H]2CC[C@@H](Nc3nccc(N(C)C)n3)CC2)cc(I)c1O. The van der Waals surface area contributed by atoms with Gasteiger partial charge in [0.2, 0.25) is 5.95 Å². The molecule has 3 N–H and O–H groups in total. The summed E-state index contributed by atoms with van der Waals surface area (Å²) in [5, 5.41) is 17.1. The lowest BCUT2D eigenvalue weighted by atomic mass is 9.91. The van der Waals surface area contributed by atoms with Crippen molar-refractivity contribution in [2.75, 3.05) is 31.4 Å². The zero-order valence-corrected chi connectivity index (χ0v) is 18.7. The number of aromatic nitrogens is 2. The van der Waals surface area contributed by atoms with Gasteiger partial charge in [-0.1, -0.05) is 0 Å². The first-order chi connectivity index (χ1) is 13.5. The minimum absolute atomic E-state index is 0.207.